The van der Waals surface area contributed by atoms with Crippen LogP contribution in [0.2, 0.25) is 0 Å². The van der Waals surface area contributed by atoms with Crippen molar-refractivity contribution in [1.82, 2.24) is 39.3 Å². The molecule has 1 fully saturated rings. The van der Waals surface area contributed by atoms with E-state index in [2.05, 4.69) is 62.4 Å². The summed E-state index contributed by atoms with van der Waals surface area (Å²) in [7, 11) is 0. The molecule has 5 aromatic rings. The van der Waals surface area contributed by atoms with Crippen LogP contribution in [0.15, 0.2) is 58.1 Å². The van der Waals surface area contributed by atoms with E-state index in [4.69, 9.17) is 4.98 Å². The molecule has 0 radical (unpaired) electrons. The van der Waals surface area contributed by atoms with Gasteiger partial charge in [-0.05, 0) is 58.7 Å². The van der Waals surface area contributed by atoms with Crippen LogP contribution >= 0.6 is 0 Å². The first-order valence-electron chi connectivity index (χ1n) is 14.7. The minimum atomic E-state index is -0.237. The SMILES string of the molecule is CCCCCc1nc2c(c(=O)n(CCC)c(=O)n2CC2CC2)n1Cc1ccc(-c2ccccc2-c2nnn[nH]2)cc1. The molecule has 10 nitrogen and oxygen atoms in total. The summed E-state index contributed by atoms with van der Waals surface area (Å²) in [5, 5.41) is 14.4. The molecule has 3 aromatic heterocycles. The van der Waals surface area contributed by atoms with Gasteiger partial charge in [0.2, 0.25) is 0 Å². The lowest BCUT2D eigenvalue weighted by Gasteiger charge is -2.13. The van der Waals surface area contributed by atoms with Gasteiger partial charge in [0.05, 0.1) is 0 Å². The van der Waals surface area contributed by atoms with E-state index in [-0.39, 0.29) is 11.2 Å². The van der Waals surface area contributed by atoms with Crippen LogP contribution in [-0.4, -0.2) is 39.3 Å². The number of unbranched alkanes of at least 4 members (excludes halogenated alkanes) is 2. The van der Waals surface area contributed by atoms with Crippen molar-refractivity contribution in [3.63, 3.8) is 0 Å². The smallest absolute Gasteiger partial charge is 0.318 e. The summed E-state index contributed by atoms with van der Waals surface area (Å²) in [5.41, 5.74) is 4.67. The third kappa shape index (κ3) is 5.38. The summed E-state index contributed by atoms with van der Waals surface area (Å²) < 4.78 is 5.24. The van der Waals surface area contributed by atoms with E-state index >= 15 is 0 Å². The number of rotatable bonds is 12. The third-order valence-corrected chi connectivity index (χ3v) is 7.92. The molecule has 10 heteroatoms. The van der Waals surface area contributed by atoms with Crippen LogP contribution in [0.3, 0.4) is 0 Å². The molecular formula is C31H36N8O2. The Kier molecular flexibility index (Phi) is 7.63. The summed E-state index contributed by atoms with van der Waals surface area (Å²) in [6, 6.07) is 16.4. The average Bonchev–Trinajstić information content (AvgIpc) is 3.50. The Hall–Kier alpha value is -4.34. The van der Waals surface area contributed by atoms with Crippen LogP contribution in [0.5, 0.6) is 0 Å². The van der Waals surface area contributed by atoms with Gasteiger partial charge >= 0.3 is 5.69 Å². The van der Waals surface area contributed by atoms with E-state index in [1.54, 1.807) is 4.57 Å². The largest absolute Gasteiger partial charge is 0.332 e. The van der Waals surface area contributed by atoms with Crippen molar-refractivity contribution in [3.8, 4) is 22.5 Å². The van der Waals surface area contributed by atoms with Gasteiger partial charge in [0.1, 0.15) is 5.82 Å². The van der Waals surface area contributed by atoms with Crippen molar-refractivity contribution < 1.29 is 0 Å². The van der Waals surface area contributed by atoms with Gasteiger partial charge in [-0.15, -0.1) is 5.10 Å². The van der Waals surface area contributed by atoms with E-state index in [1.165, 1.54) is 4.57 Å². The minimum absolute atomic E-state index is 0.231. The monoisotopic (exact) mass is 552 g/mol. The number of benzene rings is 2. The van der Waals surface area contributed by atoms with E-state index in [0.717, 1.165) is 66.6 Å². The zero-order valence-electron chi connectivity index (χ0n) is 23.7. The number of aryl methyl sites for hydroxylation is 1. The van der Waals surface area contributed by atoms with E-state index in [9.17, 15) is 9.59 Å². The first-order valence-corrected chi connectivity index (χ1v) is 14.7. The number of nitrogens with one attached hydrogen (secondary N) is 1. The molecule has 0 bridgehead atoms. The van der Waals surface area contributed by atoms with Crippen LogP contribution in [0, 0.1) is 5.92 Å². The predicted molar refractivity (Wildman–Crippen MR) is 159 cm³/mol. The standard InChI is InChI=1S/C31H36N8O2/c1-3-5-6-11-26-32-29-27(30(40)37(18-4-2)31(41)39(29)20-21-12-13-21)38(26)19-22-14-16-23(17-15-22)24-9-7-8-10-25(24)28-33-35-36-34-28/h7-10,14-17,21H,3-6,11-13,18-20H2,1-2H3,(H,33,34,35,36). The Labute approximate surface area is 238 Å². The molecule has 2 aromatic carbocycles. The second-order valence-electron chi connectivity index (χ2n) is 11.0. The van der Waals surface area contributed by atoms with Crippen molar-refractivity contribution >= 4 is 11.2 Å². The van der Waals surface area contributed by atoms with Gasteiger partial charge in [-0.2, -0.15) is 0 Å². The molecule has 0 spiro atoms. The summed E-state index contributed by atoms with van der Waals surface area (Å²) in [5.74, 6) is 1.98. The highest BCUT2D eigenvalue weighted by Crippen LogP contribution is 2.32. The number of tetrazole rings is 1. The first kappa shape index (κ1) is 26.9. The van der Waals surface area contributed by atoms with Crippen molar-refractivity contribution in [2.45, 2.75) is 78.4 Å². The molecule has 3 heterocycles. The second-order valence-corrected chi connectivity index (χ2v) is 11.0. The van der Waals surface area contributed by atoms with Gasteiger partial charge in [0.25, 0.3) is 5.56 Å². The number of H-pyrrole nitrogens is 1. The summed E-state index contributed by atoms with van der Waals surface area (Å²) in [6.07, 6.45) is 6.90. The minimum Gasteiger partial charge on any atom is -0.318 e. The normalized spacial score (nSPS) is 13.3. The maximum absolute atomic E-state index is 13.8. The molecule has 1 aliphatic carbocycles. The second kappa shape index (κ2) is 11.6. The highest BCUT2D eigenvalue weighted by atomic mass is 16.2. The topological polar surface area (TPSA) is 116 Å². The number of hydrogen-bond donors (Lipinski definition) is 1. The van der Waals surface area contributed by atoms with Gasteiger partial charge < -0.3 is 4.57 Å². The average molecular weight is 553 g/mol. The molecule has 0 amide bonds. The Morgan fingerprint density at radius 3 is 2.37 bits per heavy atom. The maximum atomic E-state index is 13.8. The lowest BCUT2D eigenvalue weighted by atomic mass is 9.98. The fraction of sp³-hybridized carbons (Fsp3) is 0.419. The zero-order valence-corrected chi connectivity index (χ0v) is 23.7. The van der Waals surface area contributed by atoms with Crippen molar-refractivity contribution in [2.75, 3.05) is 0 Å². The molecule has 212 valence electrons. The van der Waals surface area contributed by atoms with Gasteiger partial charge in [-0.3, -0.25) is 13.9 Å². The molecule has 6 rings (SSSR count). The number of aromatic nitrogens is 8. The predicted octanol–water partition coefficient (Wildman–Crippen LogP) is 4.81. The van der Waals surface area contributed by atoms with Crippen molar-refractivity contribution in [1.29, 1.82) is 0 Å². The molecule has 0 atom stereocenters. The Morgan fingerprint density at radius 2 is 1.68 bits per heavy atom. The van der Waals surface area contributed by atoms with E-state index in [0.29, 0.717) is 49.0 Å². The number of hydrogen-bond acceptors (Lipinski definition) is 6. The van der Waals surface area contributed by atoms with Crippen molar-refractivity contribution in [2.24, 2.45) is 5.92 Å². The third-order valence-electron chi connectivity index (χ3n) is 7.92. The van der Waals surface area contributed by atoms with Crippen molar-refractivity contribution in [3.05, 3.63) is 80.8 Å². The number of imidazole rings is 1. The van der Waals surface area contributed by atoms with Crippen LogP contribution in [0.1, 0.15) is 63.8 Å². The van der Waals surface area contributed by atoms with E-state index < -0.39 is 0 Å². The van der Waals surface area contributed by atoms with E-state index in [1.807, 2.05) is 25.1 Å². The molecule has 0 saturated heterocycles. The molecule has 1 saturated carbocycles. The lowest BCUT2D eigenvalue weighted by molar-refractivity contribution is 0.537. The van der Waals surface area contributed by atoms with Crippen LogP contribution in [-0.2, 0) is 26.1 Å². The zero-order chi connectivity index (χ0) is 28.3. The maximum Gasteiger partial charge on any atom is 0.332 e. The van der Waals surface area contributed by atoms with Gasteiger partial charge in [0.15, 0.2) is 17.0 Å². The van der Waals surface area contributed by atoms with Gasteiger partial charge in [-0.1, -0.05) is 75.2 Å². The lowest BCUT2D eigenvalue weighted by Crippen LogP contribution is -2.41. The van der Waals surface area contributed by atoms with Gasteiger partial charge in [0, 0.05) is 31.6 Å². The number of aromatic amines is 1. The number of nitrogens with zero attached hydrogens (tertiary/aromatic N) is 7. The Bertz CT molecular complexity index is 1760. The molecule has 1 aliphatic rings. The highest BCUT2D eigenvalue weighted by Gasteiger charge is 2.27. The summed E-state index contributed by atoms with van der Waals surface area (Å²) >= 11 is 0. The fourth-order valence-corrected chi connectivity index (χ4v) is 5.56. The van der Waals surface area contributed by atoms with Crippen LogP contribution in [0.25, 0.3) is 33.7 Å². The Morgan fingerprint density at radius 1 is 0.902 bits per heavy atom. The quantitative estimate of drug-likeness (QED) is 0.222. The molecule has 41 heavy (non-hydrogen) atoms. The molecule has 1 N–H and O–H groups in total. The first-order chi connectivity index (χ1) is 20.1. The van der Waals surface area contributed by atoms with Gasteiger partial charge in [-0.25, -0.2) is 14.9 Å². The Balaban J connectivity index is 1.42. The summed E-state index contributed by atoms with van der Waals surface area (Å²) in [4.78, 5) is 32.2. The van der Waals surface area contributed by atoms with Crippen LogP contribution in [0.4, 0.5) is 0 Å². The highest BCUT2D eigenvalue weighted by molar-refractivity contribution is 5.80. The molecular weight excluding hydrogens is 516 g/mol. The fourth-order valence-electron chi connectivity index (χ4n) is 5.56. The molecule has 0 aliphatic heterocycles. The van der Waals surface area contributed by atoms with Crippen LogP contribution < -0.4 is 11.2 Å². The number of fused-ring (bicyclic) bond motifs is 1. The molecule has 0 unspecified atom stereocenters. The summed E-state index contributed by atoms with van der Waals surface area (Å²) in [6.45, 7) is 5.71.